The fourth-order valence-electron chi connectivity index (χ4n) is 0.946. The van der Waals surface area contributed by atoms with Crippen LogP contribution in [0.25, 0.3) is 0 Å². The summed E-state index contributed by atoms with van der Waals surface area (Å²) in [6.07, 6.45) is -2.58. The van der Waals surface area contributed by atoms with E-state index in [0.29, 0.717) is 0 Å². The highest BCUT2D eigenvalue weighted by molar-refractivity contribution is 5.68. The van der Waals surface area contributed by atoms with Crippen LogP contribution in [0.4, 0.5) is 9.59 Å². The first-order valence-corrected chi connectivity index (χ1v) is 5.54. The van der Waals surface area contributed by atoms with E-state index in [1.54, 1.807) is 27.7 Å². The third-order valence-electron chi connectivity index (χ3n) is 1.86. The van der Waals surface area contributed by atoms with Gasteiger partial charge in [-0.1, -0.05) is 0 Å². The van der Waals surface area contributed by atoms with Crippen LogP contribution in [0.3, 0.4) is 0 Å². The van der Waals surface area contributed by atoms with Gasteiger partial charge in [-0.2, -0.15) is 0 Å². The number of alkyl carbamates (subject to hydrolysis) is 1. The molecule has 0 aliphatic rings. The van der Waals surface area contributed by atoms with E-state index in [2.05, 4.69) is 14.8 Å². The largest absolute Gasteiger partial charge is 0.508 e. The maximum atomic E-state index is 11.4. The van der Waals surface area contributed by atoms with Gasteiger partial charge in [0, 0.05) is 0 Å². The van der Waals surface area contributed by atoms with Crippen molar-refractivity contribution in [3.05, 3.63) is 0 Å². The zero-order valence-corrected chi connectivity index (χ0v) is 11.4. The summed E-state index contributed by atoms with van der Waals surface area (Å²) in [5, 5.41) is 12.0. The van der Waals surface area contributed by atoms with E-state index in [1.165, 1.54) is 0 Å². The van der Waals surface area contributed by atoms with Gasteiger partial charge in [-0.15, -0.1) is 0 Å². The average molecular weight is 263 g/mol. The molecule has 0 aromatic carbocycles. The molecular weight excluding hydrogens is 242 g/mol. The molecule has 0 heterocycles. The molecule has 0 aliphatic carbocycles. The summed E-state index contributed by atoms with van der Waals surface area (Å²) < 4.78 is 13.8. The van der Waals surface area contributed by atoms with Crippen LogP contribution in [0.15, 0.2) is 0 Å². The van der Waals surface area contributed by atoms with Gasteiger partial charge in [0.2, 0.25) is 0 Å². The zero-order chi connectivity index (χ0) is 14.3. The molecule has 7 heteroatoms. The second-order valence-electron chi connectivity index (χ2n) is 4.77. The maximum absolute atomic E-state index is 11.4. The lowest BCUT2D eigenvalue weighted by Gasteiger charge is -2.24. The van der Waals surface area contributed by atoms with Gasteiger partial charge in [0.05, 0.1) is 13.2 Å². The zero-order valence-electron chi connectivity index (χ0n) is 11.4. The molecule has 0 saturated carbocycles. The molecule has 0 radical (unpaired) electrons. The molecule has 0 aromatic heterocycles. The van der Waals surface area contributed by atoms with Gasteiger partial charge in [0.1, 0.15) is 18.3 Å². The molecule has 2 atom stereocenters. The van der Waals surface area contributed by atoms with Gasteiger partial charge < -0.3 is 24.6 Å². The number of amides is 1. The van der Waals surface area contributed by atoms with E-state index in [4.69, 9.17) is 4.74 Å². The molecule has 1 amide bonds. The highest BCUT2D eigenvalue weighted by Gasteiger charge is 2.22. The van der Waals surface area contributed by atoms with Crippen LogP contribution >= 0.6 is 0 Å². The molecule has 0 aromatic rings. The Balaban J connectivity index is 4.04. The molecule has 0 rings (SSSR count). The molecule has 0 aliphatic heterocycles. The van der Waals surface area contributed by atoms with Gasteiger partial charge in [-0.05, 0) is 27.7 Å². The highest BCUT2D eigenvalue weighted by atomic mass is 16.7. The Kier molecular flexibility index (Phi) is 6.46. The van der Waals surface area contributed by atoms with Crippen LogP contribution < -0.4 is 5.32 Å². The molecule has 18 heavy (non-hydrogen) atoms. The van der Waals surface area contributed by atoms with Gasteiger partial charge in [-0.3, -0.25) is 0 Å². The lowest BCUT2D eigenvalue weighted by Crippen LogP contribution is -2.45. The van der Waals surface area contributed by atoms with E-state index in [-0.39, 0.29) is 6.61 Å². The summed E-state index contributed by atoms with van der Waals surface area (Å²) in [4.78, 5) is 22.1. The topological polar surface area (TPSA) is 94.1 Å². The van der Waals surface area contributed by atoms with Gasteiger partial charge in [0.15, 0.2) is 0 Å². The first-order valence-electron chi connectivity index (χ1n) is 5.54. The van der Waals surface area contributed by atoms with Crippen molar-refractivity contribution in [1.29, 1.82) is 0 Å². The molecular formula is C11H21NO6. The number of aliphatic hydroxyl groups is 1. The predicted octanol–water partition coefficient (Wildman–Crippen LogP) is 1.04. The monoisotopic (exact) mass is 263 g/mol. The fraction of sp³-hybridized carbons (Fsp3) is 0.818. The number of carbonyl (C=O) groups is 2. The van der Waals surface area contributed by atoms with Crippen molar-refractivity contribution in [2.24, 2.45) is 0 Å². The molecule has 2 N–H and O–H groups in total. The van der Waals surface area contributed by atoms with Crippen molar-refractivity contribution in [3.63, 3.8) is 0 Å². The number of methoxy groups -OCH3 is 1. The van der Waals surface area contributed by atoms with Crippen molar-refractivity contribution >= 4 is 12.2 Å². The Morgan fingerprint density at radius 2 is 1.89 bits per heavy atom. The third kappa shape index (κ3) is 7.72. The second kappa shape index (κ2) is 7.05. The smallest absolute Gasteiger partial charge is 0.444 e. The van der Waals surface area contributed by atoms with Gasteiger partial charge in [0.25, 0.3) is 0 Å². The quantitative estimate of drug-likeness (QED) is 0.736. The van der Waals surface area contributed by atoms with Crippen LogP contribution in [0.5, 0.6) is 0 Å². The van der Waals surface area contributed by atoms with Crippen LogP contribution in [-0.4, -0.2) is 48.8 Å². The van der Waals surface area contributed by atoms with Crippen molar-refractivity contribution in [2.45, 2.75) is 45.4 Å². The molecule has 0 fully saturated rings. The van der Waals surface area contributed by atoms with E-state index in [1.807, 2.05) is 0 Å². The number of ether oxygens (including phenoxy) is 3. The number of hydrogen-bond acceptors (Lipinski definition) is 6. The number of hydrogen-bond donors (Lipinski definition) is 2. The Morgan fingerprint density at radius 3 is 2.33 bits per heavy atom. The van der Waals surface area contributed by atoms with Crippen molar-refractivity contribution in [1.82, 2.24) is 5.32 Å². The molecule has 0 spiro atoms. The Labute approximate surface area is 106 Å². The first-order chi connectivity index (χ1) is 8.15. The fourth-order valence-corrected chi connectivity index (χ4v) is 0.946. The summed E-state index contributed by atoms with van der Waals surface area (Å²) in [6, 6.07) is -0.621. The molecule has 0 saturated heterocycles. The van der Waals surface area contributed by atoms with Crippen molar-refractivity contribution < 1.29 is 28.9 Å². The number of nitrogens with one attached hydrogen (secondary N) is 1. The maximum Gasteiger partial charge on any atom is 0.508 e. The standard InChI is InChI=1S/C11H21NO6/c1-7(8(13)6-17-10(15)16-5)12-9(14)18-11(2,3)4/h7-8,13H,6H2,1-5H3,(H,12,14). The predicted molar refractivity (Wildman–Crippen MR) is 63.2 cm³/mol. The van der Waals surface area contributed by atoms with Gasteiger partial charge >= 0.3 is 12.2 Å². The Hall–Kier alpha value is -1.50. The molecule has 0 bridgehead atoms. The number of aliphatic hydroxyl groups excluding tert-OH is 1. The van der Waals surface area contributed by atoms with Crippen molar-refractivity contribution in [2.75, 3.05) is 13.7 Å². The first kappa shape index (κ1) is 16.5. The summed E-state index contributed by atoms with van der Waals surface area (Å²) in [5.74, 6) is 0. The van der Waals surface area contributed by atoms with E-state index >= 15 is 0 Å². The highest BCUT2D eigenvalue weighted by Crippen LogP contribution is 2.07. The summed E-state index contributed by atoms with van der Waals surface area (Å²) in [7, 11) is 1.16. The van der Waals surface area contributed by atoms with Crippen LogP contribution in [0.1, 0.15) is 27.7 Å². The Bertz CT molecular complexity index is 286. The average Bonchev–Trinajstić information content (AvgIpc) is 2.22. The normalized spacial score (nSPS) is 14.3. The van der Waals surface area contributed by atoms with Crippen LogP contribution in [-0.2, 0) is 14.2 Å². The minimum absolute atomic E-state index is 0.274. The van der Waals surface area contributed by atoms with E-state index in [9.17, 15) is 14.7 Å². The van der Waals surface area contributed by atoms with Crippen molar-refractivity contribution in [3.8, 4) is 0 Å². The van der Waals surface area contributed by atoms with E-state index < -0.39 is 30.0 Å². The second-order valence-corrected chi connectivity index (χ2v) is 4.77. The summed E-state index contributed by atoms with van der Waals surface area (Å²) in [5.41, 5.74) is -0.614. The van der Waals surface area contributed by atoms with Crippen LogP contribution in [0.2, 0.25) is 0 Å². The lowest BCUT2D eigenvalue weighted by molar-refractivity contribution is 0.0122. The Morgan fingerprint density at radius 1 is 1.33 bits per heavy atom. The molecule has 106 valence electrons. The summed E-state index contributed by atoms with van der Waals surface area (Å²) >= 11 is 0. The third-order valence-corrected chi connectivity index (χ3v) is 1.86. The van der Waals surface area contributed by atoms with E-state index in [0.717, 1.165) is 7.11 Å². The summed E-state index contributed by atoms with van der Waals surface area (Å²) in [6.45, 7) is 6.48. The molecule has 2 unspecified atom stereocenters. The minimum atomic E-state index is -1.04. The SMILES string of the molecule is COC(=O)OCC(O)C(C)NC(=O)OC(C)(C)C. The van der Waals surface area contributed by atoms with Crippen LogP contribution in [0, 0.1) is 0 Å². The molecule has 7 nitrogen and oxygen atoms in total. The lowest BCUT2D eigenvalue weighted by atomic mass is 10.2. The minimum Gasteiger partial charge on any atom is -0.444 e. The number of carbonyl (C=O) groups excluding carboxylic acids is 2. The van der Waals surface area contributed by atoms with Gasteiger partial charge in [-0.25, -0.2) is 9.59 Å². The number of rotatable bonds is 4.